The summed E-state index contributed by atoms with van der Waals surface area (Å²) in [6, 6.07) is 0.477. The SMILES string of the molecule is CCOC(=O)C1CCC(NCC(CC)(CC)CO)CC1. The fourth-order valence-electron chi connectivity index (χ4n) is 2.93. The van der Waals surface area contributed by atoms with E-state index >= 15 is 0 Å². The predicted molar refractivity (Wildman–Crippen MR) is 80.5 cm³/mol. The van der Waals surface area contributed by atoms with Gasteiger partial charge in [-0.15, -0.1) is 0 Å². The number of esters is 1. The van der Waals surface area contributed by atoms with Gasteiger partial charge in [0.25, 0.3) is 0 Å². The van der Waals surface area contributed by atoms with Crippen molar-refractivity contribution in [3.63, 3.8) is 0 Å². The molecule has 0 aliphatic heterocycles. The van der Waals surface area contributed by atoms with Gasteiger partial charge in [-0.2, -0.15) is 0 Å². The van der Waals surface area contributed by atoms with Crippen molar-refractivity contribution < 1.29 is 14.6 Å². The van der Waals surface area contributed by atoms with Crippen molar-refractivity contribution in [2.24, 2.45) is 11.3 Å². The quantitative estimate of drug-likeness (QED) is 0.673. The number of nitrogens with one attached hydrogen (secondary N) is 1. The maximum absolute atomic E-state index is 11.7. The third kappa shape index (κ3) is 4.74. The Labute approximate surface area is 123 Å². The summed E-state index contributed by atoms with van der Waals surface area (Å²) in [4.78, 5) is 11.7. The van der Waals surface area contributed by atoms with Crippen LogP contribution in [0.3, 0.4) is 0 Å². The molecule has 1 rings (SSSR count). The molecule has 0 heterocycles. The predicted octanol–water partition coefficient (Wildman–Crippen LogP) is 2.50. The first kappa shape index (κ1) is 17.4. The van der Waals surface area contributed by atoms with E-state index in [1.54, 1.807) is 0 Å². The van der Waals surface area contributed by atoms with Gasteiger partial charge < -0.3 is 15.2 Å². The number of carbonyl (C=O) groups is 1. The van der Waals surface area contributed by atoms with Gasteiger partial charge in [0.1, 0.15) is 0 Å². The minimum Gasteiger partial charge on any atom is -0.466 e. The van der Waals surface area contributed by atoms with Crippen LogP contribution in [0.5, 0.6) is 0 Å². The van der Waals surface area contributed by atoms with Gasteiger partial charge in [-0.25, -0.2) is 0 Å². The topological polar surface area (TPSA) is 58.6 Å². The number of hydrogen-bond acceptors (Lipinski definition) is 4. The molecule has 0 aromatic rings. The Bertz CT molecular complexity index is 273. The van der Waals surface area contributed by atoms with Crippen molar-refractivity contribution >= 4 is 5.97 Å². The molecule has 0 radical (unpaired) electrons. The fraction of sp³-hybridized carbons (Fsp3) is 0.938. The fourth-order valence-corrected chi connectivity index (χ4v) is 2.93. The van der Waals surface area contributed by atoms with Crippen LogP contribution in [0, 0.1) is 11.3 Å². The van der Waals surface area contributed by atoms with Gasteiger partial charge >= 0.3 is 5.97 Å². The zero-order chi connectivity index (χ0) is 15.0. The van der Waals surface area contributed by atoms with Crippen LogP contribution in [0.1, 0.15) is 59.3 Å². The average Bonchev–Trinajstić information content (AvgIpc) is 2.50. The van der Waals surface area contributed by atoms with Crippen LogP contribution in [0.4, 0.5) is 0 Å². The van der Waals surface area contributed by atoms with Crippen molar-refractivity contribution in [3.8, 4) is 0 Å². The minimum absolute atomic E-state index is 0.0119. The van der Waals surface area contributed by atoms with Gasteiger partial charge in [-0.1, -0.05) is 13.8 Å². The first-order valence-corrected chi connectivity index (χ1v) is 8.11. The molecule has 0 amide bonds. The van der Waals surface area contributed by atoms with E-state index < -0.39 is 0 Å². The van der Waals surface area contributed by atoms with Crippen LogP contribution < -0.4 is 5.32 Å². The molecule has 1 aliphatic rings. The summed E-state index contributed by atoms with van der Waals surface area (Å²) in [6.45, 7) is 7.71. The summed E-state index contributed by atoms with van der Waals surface area (Å²) >= 11 is 0. The van der Waals surface area contributed by atoms with E-state index in [4.69, 9.17) is 4.74 Å². The third-order valence-electron chi connectivity index (χ3n) is 4.95. The van der Waals surface area contributed by atoms with Gasteiger partial charge in [0.05, 0.1) is 12.5 Å². The zero-order valence-corrected chi connectivity index (χ0v) is 13.3. The van der Waals surface area contributed by atoms with Gasteiger partial charge in [0.15, 0.2) is 0 Å². The highest BCUT2D eigenvalue weighted by molar-refractivity contribution is 5.72. The Kier molecular flexibility index (Phi) is 7.52. The van der Waals surface area contributed by atoms with E-state index in [0.717, 1.165) is 45.1 Å². The monoisotopic (exact) mass is 285 g/mol. The van der Waals surface area contributed by atoms with Crippen LogP contribution in [-0.2, 0) is 9.53 Å². The molecule has 20 heavy (non-hydrogen) atoms. The Morgan fingerprint density at radius 1 is 1.20 bits per heavy atom. The lowest BCUT2D eigenvalue weighted by atomic mass is 9.81. The average molecular weight is 285 g/mol. The largest absolute Gasteiger partial charge is 0.466 e. The molecule has 2 N–H and O–H groups in total. The van der Waals surface area contributed by atoms with Gasteiger partial charge in [-0.3, -0.25) is 4.79 Å². The van der Waals surface area contributed by atoms with E-state index in [1.165, 1.54) is 0 Å². The maximum atomic E-state index is 11.7. The third-order valence-corrected chi connectivity index (χ3v) is 4.95. The standard InChI is InChI=1S/C16H31NO3/c1-4-16(5-2,12-18)11-17-14-9-7-13(8-10-14)15(19)20-6-3/h13-14,17-18H,4-12H2,1-3H3. The molecule has 1 saturated carbocycles. The number of aliphatic hydroxyl groups excluding tert-OH is 1. The summed E-state index contributed by atoms with van der Waals surface area (Å²) in [6.07, 6.45) is 5.87. The molecular weight excluding hydrogens is 254 g/mol. The number of hydrogen-bond donors (Lipinski definition) is 2. The second-order valence-electron chi connectivity index (χ2n) is 6.05. The second-order valence-corrected chi connectivity index (χ2v) is 6.05. The highest BCUT2D eigenvalue weighted by Crippen LogP contribution is 2.28. The van der Waals surface area contributed by atoms with E-state index in [0.29, 0.717) is 12.6 Å². The van der Waals surface area contributed by atoms with Gasteiger partial charge in [0.2, 0.25) is 0 Å². The lowest BCUT2D eigenvalue weighted by molar-refractivity contribution is -0.149. The first-order chi connectivity index (χ1) is 9.60. The minimum atomic E-state index is -0.0298. The molecule has 4 nitrogen and oxygen atoms in total. The molecule has 0 bridgehead atoms. The molecule has 0 saturated heterocycles. The van der Waals surface area contributed by atoms with Gasteiger partial charge in [-0.05, 0) is 45.4 Å². The number of aliphatic hydroxyl groups is 1. The van der Waals surface area contributed by atoms with E-state index in [1.807, 2.05) is 6.92 Å². The van der Waals surface area contributed by atoms with E-state index in [-0.39, 0.29) is 23.9 Å². The number of carbonyl (C=O) groups excluding carboxylic acids is 1. The summed E-state index contributed by atoms with van der Waals surface area (Å²) < 4.78 is 5.09. The molecule has 0 unspecified atom stereocenters. The molecule has 0 aromatic carbocycles. The summed E-state index contributed by atoms with van der Waals surface area (Å²) in [5, 5.41) is 13.2. The smallest absolute Gasteiger partial charge is 0.308 e. The molecule has 1 fully saturated rings. The number of ether oxygens (including phenoxy) is 1. The Morgan fingerprint density at radius 3 is 2.25 bits per heavy atom. The highest BCUT2D eigenvalue weighted by Gasteiger charge is 2.30. The Morgan fingerprint density at radius 2 is 1.80 bits per heavy atom. The van der Waals surface area contributed by atoms with Crippen LogP contribution >= 0.6 is 0 Å². The van der Waals surface area contributed by atoms with Crippen LogP contribution in [0.15, 0.2) is 0 Å². The molecule has 118 valence electrons. The highest BCUT2D eigenvalue weighted by atomic mass is 16.5. The molecule has 0 aromatic heterocycles. The van der Waals surface area contributed by atoms with Crippen molar-refractivity contribution in [1.82, 2.24) is 5.32 Å². The Balaban J connectivity index is 2.34. The van der Waals surface area contributed by atoms with Crippen molar-refractivity contribution in [1.29, 1.82) is 0 Å². The molecule has 4 heteroatoms. The lowest BCUT2D eigenvalue weighted by Crippen LogP contribution is -2.43. The second kappa shape index (κ2) is 8.63. The van der Waals surface area contributed by atoms with Crippen molar-refractivity contribution in [2.45, 2.75) is 65.3 Å². The van der Waals surface area contributed by atoms with Crippen LogP contribution in [0.2, 0.25) is 0 Å². The molecule has 0 atom stereocenters. The normalized spacial score (nSPS) is 23.6. The van der Waals surface area contributed by atoms with Crippen LogP contribution in [0.25, 0.3) is 0 Å². The number of rotatable bonds is 8. The van der Waals surface area contributed by atoms with Gasteiger partial charge in [0, 0.05) is 24.6 Å². The first-order valence-electron chi connectivity index (χ1n) is 8.11. The summed E-state index contributed by atoms with van der Waals surface area (Å²) in [5.41, 5.74) is 0.0119. The summed E-state index contributed by atoms with van der Waals surface area (Å²) in [7, 11) is 0. The molecule has 1 aliphatic carbocycles. The zero-order valence-electron chi connectivity index (χ0n) is 13.3. The Hall–Kier alpha value is -0.610. The van der Waals surface area contributed by atoms with E-state index in [9.17, 15) is 9.90 Å². The van der Waals surface area contributed by atoms with E-state index in [2.05, 4.69) is 19.2 Å². The lowest BCUT2D eigenvalue weighted by Gasteiger charge is -2.34. The summed E-state index contributed by atoms with van der Waals surface area (Å²) in [5.74, 6) is 0.0609. The molecular formula is C16H31NO3. The van der Waals surface area contributed by atoms with Crippen molar-refractivity contribution in [3.05, 3.63) is 0 Å². The van der Waals surface area contributed by atoms with Crippen molar-refractivity contribution in [2.75, 3.05) is 19.8 Å². The molecule has 0 spiro atoms. The maximum Gasteiger partial charge on any atom is 0.308 e. The van der Waals surface area contributed by atoms with Crippen LogP contribution in [-0.4, -0.2) is 36.9 Å².